The Kier molecular flexibility index (Phi) is 4.67. The first-order valence-electron chi connectivity index (χ1n) is 6.12. The van der Waals surface area contributed by atoms with Crippen LogP contribution in [0, 0.1) is 0 Å². The summed E-state index contributed by atoms with van der Waals surface area (Å²) in [6.45, 7) is 1.05. The Bertz CT molecular complexity index is 442. The first-order valence-corrected chi connectivity index (χ1v) is 7.77. The molecule has 1 aliphatic rings. The Balaban J connectivity index is 1.57. The summed E-state index contributed by atoms with van der Waals surface area (Å²) in [5, 5.41) is 6.73. The van der Waals surface area contributed by atoms with Crippen molar-refractivity contribution in [1.29, 1.82) is 0 Å². The van der Waals surface area contributed by atoms with E-state index in [4.69, 9.17) is 4.52 Å². The largest absolute Gasteiger partial charge is 0.340 e. The van der Waals surface area contributed by atoms with Crippen LogP contribution in [0.5, 0.6) is 0 Å². The fraction of sp³-hybridized carbons (Fsp3) is 0.800. The topological polar surface area (TPSA) is 97.1 Å². The van der Waals surface area contributed by atoms with Crippen LogP contribution in [0.3, 0.4) is 0 Å². The number of hydrogen-bond donors (Lipinski definition) is 2. The van der Waals surface area contributed by atoms with Crippen molar-refractivity contribution in [3.63, 3.8) is 0 Å². The molecule has 18 heavy (non-hydrogen) atoms. The molecular weight excluding hydrogens is 256 g/mol. The van der Waals surface area contributed by atoms with Crippen LogP contribution in [0.25, 0.3) is 0 Å². The average molecular weight is 274 g/mol. The molecular formula is C10H18N4O3S. The third-order valence-electron chi connectivity index (χ3n) is 2.67. The van der Waals surface area contributed by atoms with Crippen molar-refractivity contribution in [3.8, 4) is 0 Å². The zero-order valence-electron chi connectivity index (χ0n) is 10.1. The first kappa shape index (κ1) is 13.4. The first-order chi connectivity index (χ1) is 8.66. The van der Waals surface area contributed by atoms with Gasteiger partial charge in [-0.15, -0.1) is 0 Å². The highest BCUT2D eigenvalue weighted by Gasteiger charge is 2.20. The molecule has 0 unspecified atom stereocenters. The van der Waals surface area contributed by atoms with Gasteiger partial charge in [-0.3, -0.25) is 0 Å². The Labute approximate surface area is 106 Å². The highest BCUT2D eigenvalue weighted by molar-refractivity contribution is 7.89. The summed E-state index contributed by atoms with van der Waals surface area (Å²) in [6.07, 6.45) is 4.78. The van der Waals surface area contributed by atoms with Crippen LogP contribution in [0.15, 0.2) is 10.9 Å². The van der Waals surface area contributed by atoms with Gasteiger partial charge in [0.1, 0.15) is 0 Å². The summed E-state index contributed by atoms with van der Waals surface area (Å²) < 4.78 is 30.5. The van der Waals surface area contributed by atoms with Crippen LogP contribution in [0.4, 0.5) is 0 Å². The van der Waals surface area contributed by atoms with E-state index in [2.05, 4.69) is 20.2 Å². The molecule has 1 aromatic heterocycles. The van der Waals surface area contributed by atoms with Crippen LogP contribution < -0.4 is 10.0 Å². The van der Waals surface area contributed by atoms with E-state index in [0.29, 0.717) is 31.3 Å². The van der Waals surface area contributed by atoms with Gasteiger partial charge in [0.15, 0.2) is 6.33 Å². The molecule has 0 aliphatic heterocycles. The van der Waals surface area contributed by atoms with Gasteiger partial charge in [-0.2, -0.15) is 4.98 Å². The SMILES string of the molecule is O=S(=O)(CCCNC1CC1)NCCc1ncno1. The normalized spacial score (nSPS) is 16.0. The average Bonchev–Trinajstić information content (AvgIpc) is 3.01. The Hall–Kier alpha value is -0.990. The van der Waals surface area contributed by atoms with E-state index in [1.807, 2.05) is 0 Å². The zero-order chi connectivity index (χ0) is 12.8. The third kappa shape index (κ3) is 5.11. The molecule has 8 heteroatoms. The summed E-state index contributed by atoms with van der Waals surface area (Å²) in [5.74, 6) is 0.587. The Morgan fingerprint density at radius 1 is 1.39 bits per heavy atom. The smallest absolute Gasteiger partial charge is 0.227 e. The van der Waals surface area contributed by atoms with Crippen molar-refractivity contribution in [2.24, 2.45) is 0 Å². The van der Waals surface area contributed by atoms with Crippen molar-refractivity contribution < 1.29 is 12.9 Å². The van der Waals surface area contributed by atoms with Crippen LogP contribution in [-0.4, -0.2) is 43.4 Å². The van der Waals surface area contributed by atoms with E-state index in [1.165, 1.54) is 19.2 Å². The lowest BCUT2D eigenvalue weighted by Gasteiger charge is -2.06. The van der Waals surface area contributed by atoms with Crippen LogP contribution in [0.1, 0.15) is 25.2 Å². The Morgan fingerprint density at radius 2 is 2.22 bits per heavy atom. The van der Waals surface area contributed by atoms with Crippen molar-refractivity contribution in [3.05, 3.63) is 12.2 Å². The molecule has 7 nitrogen and oxygen atoms in total. The molecule has 1 saturated carbocycles. The molecule has 1 heterocycles. The predicted molar refractivity (Wildman–Crippen MR) is 65.4 cm³/mol. The molecule has 0 spiro atoms. The van der Waals surface area contributed by atoms with Crippen LogP contribution >= 0.6 is 0 Å². The number of nitrogens with zero attached hydrogens (tertiary/aromatic N) is 2. The number of hydrogen-bond acceptors (Lipinski definition) is 6. The van der Waals surface area contributed by atoms with Crippen LogP contribution in [0.2, 0.25) is 0 Å². The highest BCUT2D eigenvalue weighted by Crippen LogP contribution is 2.18. The van der Waals surface area contributed by atoms with Gasteiger partial charge >= 0.3 is 0 Å². The second kappa shape index (κ2) is 6.26. The fourth-order valence-electron chi connectivity index (χ4n) is 1.55. The van der Waals surface area contributed by atoms with Gasteiger partial charge in [-0.05, 0) is 25.8 Å². The van der Waals surface area contributed by atoms with E-state index >= 15 is 0 Å². The Morgan fingerprint density at radius 3 is 2.89 bits per heavy atom. The lowest BCUT2D eigenvalue weighted by molar-refractivity contribution is 0.377. The summed E-state index contributed by atoms with van der Waals surface area (Å²) in [6, 6.07) is 0.623. The lowest BCUT2D eigenvalue weighted by Crippen LogP contribution is -2.30. The minimum absolute atomic E-state index is 0.149. The maximum absolute atomic E-state index is 11.6. The molecule has 2 rings (SSSR count). The molecule has 0 radical (unpaired) electrons. The number of sulfonamides is 1. The van der Waals surface area contributed by atoms with Gasteiger partial charge in [-0.1, -0.05) is 5.16 Å². The van der Waals surface area contributed by atoms with Gasteiger partial charge in [0.05, 0.1) is 5.75 Å². The second-order valence-electron chi connectivity index (χ2n) is 4.38. The second-order valence-corrected chi connectivity index (χ2v) is 6.31. The summed E-state index contributed by atoms with van der Waals surface area (Å²) >= 11 is 0. The minimum Gasteiger partial charge on any atom is -0.340 e. The molecule has 0 bridgehead atoms. The van der Waals surface area contributed by atoms with E-state index in [1.54, 1.807) is 0 Å². The van der Waals surface area contributed by atoms with E-state index in [9.17, 15) is 8.42 Å². The van der Waals surface area contributed by atoms with Crippen molar-refractivity contribution >= 4 is 10.0 Å². The molecule has 2 N–H and O–H groups in total. The molecule has 1 aromatic rings. The van der Waals surface area contributed by atoms with Crippen molar-refractivity contribution in [1.82, 2.24) is 20.2 Å². The highest BCUT2D eigenvalue weighted by atomic mass is 32.2. The summed E-state index contributed by atoms with van der Waals surface area (Å²) in [5.41, 5.74) is 0. The third-order valence-corrected chi connectivity index (χ3v) is 4.14. The molecule has 0 aromatic carbocycles. The molecule has 0 saturated heterocycles. The summed E-state index contributed by atoms with van der Waals surface area (Å²) in [7, 11) is -3.19. The van der Waals surface area contributed by atoms with Gasteiger partial charge in [0.25, 0.3) is 0 Å². The quantitative estimate of drug-likeness (QED) is 0.599. The maximum atomic E-state index is 11.6. The summed E-state index contributed by atoms with van der Waals surface area (Å²) in [4.78, 5) is 3.81. The molecule has 0 amide bonds. The van der Waals surface area contributed by atoms with Crippen LogP contribution in [-0.2, 0) is 16.4 Å². The van der Waals surface area contributed by atoms with Gasteiger partial charge < -0.3 is 9.84 Å². The molecule has 1 aliphatic carbocycles. The monoisotopic (exact) mass is 274 g/mol. The van der Waals surface area contributed by atoms with E-state index in [-0.39, 0.29) is 5.75 Å². The van der Waals surface area contributed by atoms with Gasteiger partial charge in [-0.25, -0.2) is 13.1 Å². The number of aromatic nitrogens is 2. The number of rotatable bonds is 9. The zero-order valence-corrected chi connectivity index (χ0v) is 10.9. The van der Waals surface area contributed by atoms with Gasteiger partial charge in [0.2, 0.25) is 15.9 Å². The standard InChI is InChI=1S/C10H18N4O3S/c15-18(16,7-1-5-11-9-2-3-9)14-6-4-10-12-8-13-17-10/h8-9,11,14H,1-7H2. The molecule has 0 atom stereocenters. The van der Waals surface area contributed by atoms with E-state index in [0.717, 1.165) is 6.54 Å². The molecule has 102 valence electrons. The predicted octanol–water partition coefficient (Wildman–Crippen LogP) is -0.326. The fourth-order valence-corrected chi connectivity index (χ4v) is 2.63. The molecule has 1 fully saturated rings. The maximum Gasteiger partial charge on any atom is 0.227 e. The van der Waals surface area contributed by atoms with Crippen molar-refractivity contribution in [2.75, 3.05) is 18.8 Å². The lowest BCUT2D eigenvalue weighted by atomic mass is 10.4. The minimum atomic E-state index is -3.19. The van der Waals surface area contributed by atoms with E-state index < -0.39 is 10.0 Å². The van der Waals surface area contributed by atoms with Crippen molar-refractivity contribution in [2.45, 2.75) is 31.7 Å². The van der Waals surface area contributed by atoms with Gasteiger partial charge in [0, 0.05) is 19.0 Å². The number of nitrogens with one attached hydrogen (secondary N) is 2.